The predicted octanol–water partition coefficient (Wildman–Crippen LogP) is 3.98. The van der Waals surface area contributed by atoms with Crippen LogP contribution in [0.3, 0.4) is 0 Å². The molecular weight excluding hydrogens is 486 g/mol. The summed E-state index contributed by atoms with van der Waals surface area (Å²) < 4.78 is 31.7. The van der Waals surface area contributed by atoms with E-state index in [1.807, 2.05) is 43.3 Å². The molecule has 0 fully saturated rings. The molecule has 2 atom stereocenters. The Hall–Kier alpha value is -3.20. The minimum Gasteiger partial charge on any atom is -0.375 e. The Morgan fingerprint density at radius 2 is 1.73 bits per heavy atom. The van der Waals surface area contributed by atoms with Gasteiger partial charge in [0.2, 0.25) is 10.0 Å². The lowest BCUT2D eigenvalue weighted by Gasteiger charge is -2.26. The number of hydrogen-bond donors (Lipinski definition) is 2. The number of hydrogen-bond acceptors (Lipinski definition) is 5. The van der Waals surface area contributed by atoms with Gasteiger partial charge in [0.05, 0.1) is 31.2 Å². The topological polar surface area (TPSA) is 102 Å². The molecule has 8 heteroatoms. The maximum absolute atomic E-state index is 13.5. The maximum Gasteiger partial charge on any atom is 0.251 e. The van der Waals surface area contributed by atoms with Crippen molar-refractivity contribution in [3.63, 3.8) is 0 Å². The summed E-state index contributed by atoms with van der Waals surface area (Å²) in [6.45, 7) is 2.46. The number of nitrogens with one attached hydrogen (secondary N) is 1. The Balaban J connectivity index is 1.74. The lowest BCUT2D eigenvalue weighted by atomic mass is 9.92. The number of sulfonamides is 1. The van der Waals surface area contributed by atoms with E-state index in [9.17, 15) is 13.2 Å². The lowest BCUT2D eigenvalue weighted by molar-refractivity contribution is 0.0789. The number of nitrogens with zero attached hydrogens (tertiary/aromatic N) is 1. The Bertz CT molecular complexity index is 1360. The third-order valence-corrected chi connectivity index (χ3v) is 7.84. The van der Waals surface area contributed by atoms with Crippen LogP contribution in [0.2, 0.25) is 0 Å². The molecule has 0 spiro atoms. The molecule has 1 aliphatic heterocycles. The number of fused-ring (bicyclic) bond motifs is 4. The Morgan fingerprint density at radius 3 is 2.46 bits per heavy atom. The van der Waals surface area contributed by atoms with Gasteiger partial charge in [-0.05, 0) is 66.6 Å². The smallest absolute Gasteiger partial charge is 0.251 e. The molecule has 0 aliphatic carbocycles. The van der Waals surface area contributed by atoms with Gasteiger partial charge in [-0.2, -0.15) is 0 Å². The molecule has 196 valence electrons. The van der Waals surface area contributed by atoms with Crippen molar-refractivity contribution in [3.8, 4) is 0 Å². The number of benzene rings is 3. The van der Waals surface area contributed by atoms with Crippen molar-refractivity contribution < 1.29 is 17.9 Å². The molecule has 1 aliphatic rings. The number of carbonyl (C=O) groups is 1. The third kappa shape index (κ3) is 7.19. The number of rotatable bonds is 3. The molecule has 3 aromatic carbocycles. The number of amides is 1. The summed E-state index contributed by atoms with van der Waals surface area (Å²) in [5, 5.41) is 3.18. The average molecular weight is 522 g/mol. The van der Waals surface area contributed by atoms with Gasteiger partial charge in [-0.25, -0.2) is 8.42 Å². The zero-order chi connectivity index (χ0) is 26.6. The first-order chi connectivity index (χ1) is 17.5. The van der Waals surface area contributed by atoms with Crippen LogP contribution in [0.4, 0.5) is 5.69 Å². The zero-order valence-corrected chi connectivity index (χ0v) is 22.4. The second kappa shape index (κ2) is 11.0. The SMILES string of the molecule is CN(c1cc2cc(c1)C(=O)N[C@@H](c1ccccc1)CCc1cccc(c1)C[C@@](C)(N)COC2)S(C)(=O)=O. The highest BCUT2D eigenvalue weighted by atomic mass is 32.2. The van der Waals surface area contributed by atoms with E-state index >= 15 is 0 Å². The van der Waals surface area contributed by atoms with Crippen LogP contribution < -0.4 is 15.4 Å². The van der Waals surface area contributed by atoms with Gasteiger partial charge in [-0.3, -0.25) is 9.10 Å². The summed E-state index contributed by atoms with van der Waals surface area (Å²) in [5.41, 5.74) is 10.8. The number of ether oxygens (including phenoxy) is 1. The van der Waals surface area contributed by atoms with Gasteiger partial charge in [0.15, 0.2) is 0 Å². The van der Waals surface area contributed by atoms with Crippen LogP contribution in [0.15, 0.2) is 72.8 Å². The molecule has 0 saturated carbocycles. The molecular formula is C29H35N3O4S. The minimum absolute atomic E-state index is 0.195. The van der Waals surface area contributed by atoms with Gasteiger partial charge in [0, 0.05) is 18.2 Å². The van der Waals surface area contributed by atoms with E-state index in [1.165, 1.54) is 16.9 Å². The minimum atomic E-state index is -3.52. The number of aryl methyl sites for hydroxylation is 1. The fourth-order valence-electron chi connectivity index (χ4n) is 4.64. The molecule has 1 amide bonds. The highest BCUT2D eigenvalue weighted by Gasteiger charge is 2.23. The second-order valence-corrected chi connectivity index (χ2v) is 12.3. The van der Waals surface area contributed by atoms with Gasteiger partial charge in [0.1, 0.15) is 0 Å². The number of anilines is 1. The monoisotopic (exact) mass is 521 g/mol. The van der Waals surface area contributed by atoms with Crippen molar-refractivity contribution >= 4 is 21.6 Å². The second-order valence-electron chi connectivity index (χ2n) is 10.2. The van der Waals surface area contributed by atoms with Gasteiger partial charge in [0.25, 0.3) is 5.91 Å². The van der Waals surface area contributed by atoms with E-state index in [0.717, 1.165) is 23.8 Å². The van der Waals surface area contributed by atoms with Gasteiger partial charge >= 0.3 is 0 Å². The van der Waals surface area contributed by atoms with Crippen LogP contribution in [-0.4, -0.2) is 39.8 Å². The van der Waals surface area contributed by atoms with Crippen molar-refractivity contribution in [2.24, 2.45) is 5.73 Å². The van der Waals surface area contributed by atoms with Crippen LogP contribution in [0.1, 0.15) is 52.0 Å². The van der Waals surface area contributed by atoms with Crippen LogP contribution in [0.25, 0.3) is 0 Å². The number of carbonyl (C=O) groups excluding carboxylic acids is 1. The van der Waals surface area contributed by atoms with Gasteiger partial charge in [-0.15, -0.1) is 0 Å². The average Bonchev–Trinajstić information content (AvgIpc) is 2.85. The van der Waals surface area contributed by atoms with E-state index < -0.39 is 15.6 Å². The number of nitrogens with two attached hydrogens (primary N) is 1. The van der Waals surface area contributed by atoms with Crippen molar-refractivity contribution in [2.75, 3.05) is 24.2 Å². The molecule has 37 heavy (non-hydrogen) atoms. The van der Waals surface area contributed by atoms with Crippen molar-refractivity contribution in [2.45, 2.75) is 44.4 Å². The van der Waals surface area contributed by atoms with Crippen LogP contribution in [0, 0.1) is 0 Å². The van der Waals surface area contributed by atoms with Gasteiger partial charge < -0.3 is 15.8 Å². The largest absolute Gasteiger partial charge is 0.375 e. The highest BCUT2D eigenvalue weighted by molar-refractivity contribution is 7.92. The quantitative estimate of drug-likeness (QED) is 0.543. The molecule has 0 saturated heterocycles. The molecule has 3 aromatic rings. The Labute approximate surface area is 219 Å². The highest BCUT2D eigenvalue weighted by Crippen LogP contribution is 2.25. The standard InChI is InChI=1S/C29H35N3O4S/c1-29(30)18-22-9-7-8-21(14-22)12-13-27(24-10-5-4-6-11-24)31-28(33)25-15-23(19-36-20-29)16-26(17-25)32(2)37(3,34)35/h4-11,14-17,27H,12-13,18-20,30H2,1-3H3,(H,31,33)/t27-,29-/m1/s1. The normalized spacial score (nSPS) is 21.2. The first kappa shape index (κ1) is 26.9. The summed E-state index contributed by atoms with van der Waals surface area (Å²) in [4.78, 5) is 13.5. The van der Waals surface area contributed by atoms with E-state index in [2.05, 4.69) is 23.5 Å². The Morgan fingerprint density at radius 1 is 1.00 bits per heavy atom. The summed E-state index contributed by atoms with van der Waals surface area (Å²) in [6.07, 6.45) is 3.27. The van der Waals surface area contributed by atoms with Crippen LogP contribution in [-0.2, 0) is 34.2 Å². The van der Waals surface area contributed by atoms with E-state index in [1.54, 1.807) is 18.2 Å². The van der Waals surface area contributed by atoms with Crippen molar-refractivity contribution in [1.29, 1.82) is 0 Å². The summed E-state index contributed by atoms with van der Waals surface area (Å²) in [5.74, 6) is -0.275. The van der Waals surface area contributed by atoms with E-state index in [0.29, 0.717) is 36.3 Å². The zero-order valence-electron chi connectivity index (χ0n) is 21.6. The first-order valence-corrected chi connectivity index (χ1v) is 14.2. The molecule has 4 bridgehead atoms. The lowest BCUT2D eigenvalue weighted by Crippen LogP contribution is -2.43. The van der Waals surface area contributed by atoms with Crippen molar-refractivity contribution in [3.05, 3.63) is 101 Å². The summed E-state index contributed by atoms with van der Waals surface area (Å²) in [6, 6.07) is 23.1. The third-order valence-electron chi connectivity index (χ3n) is 6.63. The molecule has 0 radical (unpaired) electrons. The fourth-order valence-corrected chi connectivity index (χ4v) is 5.12. The molecule has 3 N–H and O–H groups in total. The molecule has 0 aromatic heterocycles. The first-order valence-electron chi connectivity index (χ1n) is 12.4. The molecule has 0 unspecified atom stereocenters. The van der Waals surface area contributed by atoms with Crippen molar-refractivity contribution in [1.82, 2.24) is 5.32 Å². The fraction of sp³-hybridized carbons (Fsp3) is 0.345. The van der Waals surface area contributed by atoms with E-state index in [-0.39, 0.29) is 18.6 Å². The predicted molar refractivity (Wildman–Crippen MR) is 147 cm³/mol. The van der Waals surface area contributed by atoms with Crippen LogP contribution >= 0.6 is 0 Å². The Kier molecular flexibility index (Phi) is 8.02. The maximum atomic E-state index is 13.5. The van der Waals surface area contributed by atoms with Gasteiger partial charge in [-0.1, -0.05) is 54.6 Å². The molecule has 4 rings (SSSR count). The van der Waals surface area contributed by atoms with Crippen LogP contribution in [0.5, 0.6) is 0 Å². The van der Waals surface area contributed by atoms with E-state index in [4.69, 9.17) is 10.5 Å². The molecule has 1 heterocycles. The molecule has 7 nitrogen and oxygen atoms in total. The summed E-state index contributed by atoms with van der Waals surface area (Å²) >= 11 is 0. The summed E-state index contributed by atoms with van der Waals surface area (Å²) in [7, 11) is -2.05.